The lowest BCUT2D eigenvalue weighted by molar-refractivity contribution is 0.123. The van der Waals surface area contributed by atoms with Gasteiger partial charge in [0.2, 0.25) is 0 Å². The number of benzene rings is 1. The Kier molecular flexibility index (Phi) is 5.87. The largest absolute Gasteiger partial charge is 0.375 e. The summed E-state index contributed by atoms with van der Waals surface area (Å²) in [5.41, 5.74) is 1.12. The Bertz CT molecular complexity index is 315. The summed E-state index contributed by atoms with van der Waals surface area (Å²) < 4.78 is 5.43. The third-order valence-corrected chi connectivity index (χ3v) is 2.08. The fourth-order valence-corrected chi connectivity index (χ4v) is 1.20. The van der Waals surface area contributed by atoms with Gasteiger partial charge in [-0.2, -0.15) is 0 Å². The third-order valence-electron chi connectivity index (χ3n) is 1.83. The fraction of sp³-hybridized carbons (Fsp3) is 0.333. The van der Waals surface area contributed by atoms with E-state index in [4.69, 9.17) is 22.8 Å². The molecule has 1 aromatic carbocycles. The first-order chi connectivity index (χ1) is 7.33. The molecular formula is C12H14ClNO. The molecule has 0 aliphatic carbocycles. The molecular weight excluding hydrogens is 210 g/mol. The molecule has 1 rings (SSSR count). The first kappa shape index (κ1) is 12.1. The standard InChI is InChI=1S/C12H14ClNO/c1-2-7-14-8-9-15-10-11-3-5-12(13)6-4-11/h1,3-6,14H,7-10H2. The molecule has 0 radical (unpaired) electrons. The predicted octanol–water partition coefficient (Wildman–Crippen LogP) is 2.08. The number of ether oxygens (including phenoxy) is 1. The molecule has 0 aromatic heterocycles. The van der Waals surface area contributed by atoms with Gasteiger partial charge in [0.1, 0.15) is 0 Å². The summed E-state index contributed by atoms with van der Waals surface area (Å²) in [5.74, 6) is 2.50. The van der Waals surface area contributed by atoms with Crippen LogP contribution in [0.3, 0.4) is 0 Å². The summed E-state index contributed by atoms with van der Waals surface area (Å²) in [7, 11) is 0. The number of nitrogens with one attached hydrogen (secondary N) is 1. The van der Waals surface area contributed by atoms with Crippen LogP contribution in [0.4, 0.5) is 0 Å². The van der Waals surface area contributed by atoms with Crippen molar-refractivity contribution in [3.05, 3.63) is 34.9 Å². The zero-order valence-electron chi connectivity index (χ0n) is 8.50. The van der Waals surface area contributed by atoms with Gasteiger partial charge < -0.3 is 10.1 Å². The molecule has 0 unspecified atom stereocenters. The van der Waals surface area contributed by atoms with Gasteiger partial charge in [0.25, 0.3) is 0 Å². The lowest BCUT2D eigenvalue weighted by atomic mass is 10.2. The van der Waals surface area contributed by atoms with E-state index in [-0.39, 0.29) is 0 Å². The molecule has 0 saturated carbocycles. The highest BCUT2D eigenvalue weighted by Gasteiger charge is 1.93. The van der Waals surface area contributed by atoms with Crippen LogP contribution in [-0.2, 0) is 11.3 Å². The van der Waals surface area contributed by atoms with Gasteiger partial charge in [-0.25, -0.2) is 0 Å². The molecule has 0 amide bonds. The molecule has 0 spiro atoms. The van der Waals surface area contributed by atoms with Crippen molar-refractivity contribution in [3.8, 4) is 12.3 Å². The zero-order valence-corrected chi connectivity index (χ0v) is 9.26. The topological polar surface area (TPSA) is 21.3 Å². The van der Waals surface area contributed by atoms with Gasteiger partial charge in [0.05, 0.1) is 19.8 Å². The molecule has 0 heterocycles. The molecule has 15 heavy (non-hydrogen) atoms. The minimum atomic E-state index is 0.588. The molecule has 2 nitrogen and oxygen atoms in total. The monoisotopic (exact) mass is 223 g/mol. The summed E-state index contributed by atoms with van der Waals surface area (Å²) in [6.07, 6.45) is 5.08. The van der Waals surface area contributed by atoms with Crippen molar-refractivity contribution in [1.82, 2.24) is 5.32 Å². The Morgan fingerprint density at radius 2 is 2.07 bits per heavy atom. The average Bonchev–Trinajstić information content (AvgIpc) is 2.26. The molecule has 0 bridgehead atoms. The van der Waals surface area contributed by atoms with Crippen LogP contribution in [0.5, 0.6) is 0 Å². The average molecular weight is 224 g/mol. The quantitative estimate of drug-likeness (QED) is 0.589. The second-order valence-corrected chi connectivity index (χ2v) is 3.50. The Hall–Kier alpha value is -1.01. The molecule has 0 aliphatic heterocycles. The van der Waals surface area contributed by atoms with Gasteiger partial charge in [-0.1, -0.05) is 29.7 Å². The summed E-state index contributed by atoms with van der Waals surface area (Å²) in [4.78, 5) is 0. The van der Waals surface area contributed by atoms with Crippen LogP contribution in [0.1, 0.15) is 5.56 Å². The highest BCUT2D eigenvalue weighted by atomic mass is 35.5. The van der Waals surface area contributed by atoms with Gasteiger partial charge in [0.15, 0.2) is 0 Å². The Morgan fingerprint density at radius 1 is 1.33 bits per heavy atom. The van der Waals surface area contributed by atoms with E-state index in [9.17, 15) is 0 Å². The number of rotatable bonds is 6. The van der Waals surface area contributed by atoms with Crippen LogP contribution in [-0.4, -0.2) is 19.7 Å². The first-order valence-corrected chi connectivity index (χ1v) is 5.17. The van der Waals surface area contributed by atoms with Crippen molar-refractivity contribution < 1.29 is 4.74 Å². The van der Waals surface area contributed by atoms with Crippen molar-refractivity contribution in [3.63, 3.8) is 0 Å². The molecule has 0 fully saturated rings. The van der Waals surface area contributed by atoms with Gasteiger partial charge in [-0.15, -0.1) is 6.42 Å². The summed E-state index contributed by atoms with van der Waals surface area (Å²) in [5, 5.41) is 3.79. The summed E-state index contributed by atoms with van der Waals surface area (Å²) in [6.45, 7) is 2.63. The maximum Gasteiger partial charge on any atom is 0.0717 e. The van der Waals surface area contributed by atoms with E-state index >= 15 is 0 Å². The lowest BCUT2D eigenvalue weighted by Gasteiger charge is -2.04. The van der Waals surface area contributed by atoms with Gasteiger partial charge in [-0.3, -0.25) is 0 Å². The smallest absolute Gasteiger partial charge is 0.0717 e. The minimum Gasteiger partial charge on any atom is -0.375 e. The molecule has 0 aliphatic rings. The van der Waals surface area contributed by atoms with E-state index in [1.807, 2.05) is 24.3 Å². The van der Waals surface area contributed by atoms with Crippen LogP contribution in [0.2, 0.25) is 5.02 Å². The molecule has 80 valence electrons. The summed E-state index contributed by atoms with van der Waals surface area (Å²) in [6, 6.07) is 7.63. The van der Waals surface area contributed by atoms with Crippen LogP contribution in [0.15, 0.2) is 24.3 Å². The molecule has 0 saturated heterocycles. The van der Waals surface area contributed by atoms with Crippen molar-refractivity contribution in [2.45, 2.75) is 6.61 Å². The van der Waals surface area contributed by atoms with Crippen molar-refractivity contribution in [2.75, 3.05) is 19.7 Å². The number of terminal acetylenes is 1. The number of hydrogen-bond donors (Lipinski definition) is 1. The predicted molar refractivity (Wildman–Crippen MR) is 62.8 cm³/mol. The second kappa shape index (κ2) is 7.30. The number of halogens is 1. The van der Waals surface area contributed by atoms with E-state index in [0.29, 0.717) is 19.8 Å². The van der Waals surface area contributed by atoms with Gasteiger partial charge in [-0.05, 0) is 17.7 Å². The van der Waals surface area contributed by atoms with E-state index in [1.165, 1.54) is 0 Å². The lowest BCUT2D eigenvalue weighted by Crippen LogP contribution is -2.19. The van der Waals surface area contributed by atoms with Gasteiger partial charge in [0, 0.05) is 11.6 Å². The molecule has 1 aromatic rings. The first-order valence-electron chi connectivity index (χ1n) is 4.79. The highest BCUT2D eigenvalue weighted by molar-refractivity contribution is 6.30. The van der Waals surface area contributed by atoms with E-state index in [1.54, 1.807) is 0 Å². The molecule has 3 heteroatoms. The van der Waals surface area contributed by atoms with Gasteiger partial charge >= 0.3 is 0 Å². The van der Waals surface area contributed by atoms with Crippen molar-refractivity contribution >= 4 is 11.6 Å². The van der Waals surface area contributed by atoms with E-state index in [0.717, 1.165) is 17.1 Å². The maximum absolute atomic E-state index is 5.76. The Balaban J connectivity index is 2.10. The number of hydrogen-bond acceptors (Lipinski definition) is 2. The van der Waals surface area contributed by atoms with Crippen molar-refractivity contribution in [1.29, 1.82) is 0 Å². The van der Waals surface area contributed by atoms with Crippen LogP contribution in [0.25, 0.3) is 0 Å². The zero-order chi connectivity index (χ0) is 10.9. The minimum absolute atomic E-state index is 0.588. The van der Waals surface area contributed by atoms with E-state index < -0.39 is 0 Å². The highest BCUT2D eigenvalue weighted by Crippen LogP contribution is 2.09. The Morgan fingerprint density at radius 3 is 2.73 bits per heavy atom. The SMILES string of the molecule is C#CCNCCOCc1ccc(Cl)cc1. The third kappa shape index (κ3) is 5.44. The molecule has 0 atom stereocenters. The maximum atomic E-state index is 5.76. The van der Waals surface area contributed by atoms with Crippen LogP contribution < -0.4 is 5.32 Å². The normalized spacial score (nSPS) is 9.87. The van der Waals surface area contributed by atoms with Crippen LogP contribution in [0, 0.1) is 12.3 Å². The molecule has 1 N–H and O–H groups in total. The fourth-order valence-electron chi connectivity index (χ4n) is 1.08. The van der Waals surface area contributed by atoms with Crippen molar-refractivity contribution in [2.24, 2.45) is 0 Å². The Labute approximate surface area is 95.6 Å². The van der Waals surface area contributed by atoms with E-state index in [2.05, 4.69) is 11.2 Å². The second-order valence-electron chi connectivity index (χ2n) is 3.06. The van der Waals surface area contributed by atoms with Crippen LogP contribution >= 0.6 is 11.6 Å². The summed E-state index contributed by atoms with van der Waals surface area (Å²) >= 11 is 5.76.